The molecule has 6 heteroatoms. The highest BCUT2D eigenvalue weighted by molar-refractivity contribution is 5.30. The normalized spacial score (nSPS) is 23.9. The van der Waals surface area contributed by atoms with Crippen molar-refractivity contribution in [3.8, 4) is 11.5 Å². The minimum atomic E-state index is -2.74. The first kappa shape index (κ1) is 29.3. The van der Waals surface area contributed by atoms with Crippen molar-refractivity contribution >= 4 is 0 Å². The van der Waals surface area contributed by atoms with E-state index in [1.165, 1.54) is 81.8 Å². The number of benzene rings is 2. The maximum atomic E-state index is 12.1. The Morgan fingerprint density at radius 1 is 0.595 bits per heavy atom. The lowest BCUT2D eigenvalue weighted by molar-refractivity contribution is -0.0505. The Hall–Kier alpha value is -2.24. The molecule has 2 aliphatic carbocycles. The Bertz CT molecular complexity index is 869. The highest BCUT2D eigenvalue weighted by Gasteiger charge is 2.22. The zero-order chi connectivity index (χ0) is 26.6. The van der Waals surface area contributed by atoms with E-state index in [1.54, 1.807) is 24.3 Å². The minimum absolute atomic E-state index is 0.246. The summed E-state index contributed by atoms with van der Waals surface area (Å²) in [5, 5.41) is 0. The molecule has 0 amide bonds. The number of hydrogen-bond acceptors (Lipinski definition) is 2. The molecule has 2 aromatic rings. The standard InChI is InChI=1S/C16H22F2O.C15H20F2O/c1-2-3-12-4-6-13(7-5-12)14-8-10-15(11-9-14)19-16(17)18;1-2-11-3-5-12(6-4-11)13-7-9-14(10-8-13)18-15(16)17/h8-13,16H,2-7H2,1H3;7-12,15H,2-6H2,1H3. The number of hydrogen-bond donors (Lipinski definition) is 0. The minimum Gasteiger partial charge on any atom is -0.435 e. The highest BCUT2D eigenvalue weighted by atomic mass is 19.3. The molecule has 0 spiro atoms. The molecule has 0 saturated heterocycles. The molecule has 0 aromatic heterocycles. The smallest absolute Gasteiger partial charge is 0.387 e. The van der Waals surface area contributed by atoms with Gasteiger partial charge in [-0.3, -0.25) is 0 Å². The van der Waals surface area contributed by atoms with Crippen molar-refractivity contribution in [2.24, 2.45) is 11.8 Å². The Kier molecular flexibility index (Phi) is 12.1. The molecular weight excluding hydrogens is 480 g/mol. The van der Waals surface area contributed by atoms with Gasteiger partial charge in [-0.05, 0) is 110 Å². The van der Waals surface area contributed by atoms with E-state index in [2.05, 4.69) is 23.3 Å². The van der Waals surface area contributed by atoms with Crippen LogP contribution in [0.5, 0.6) is 11.5 Å². The van der Waals surface area contributed by atoms with Gasteiger partial charge in [-0.25, -0.2) is 0 Å². The first-order chi connectivity index (χ1) is 17.9. The molecule has 0 bridgehead atoms. The first-order valence-corrected chi connectivity index (χ1v) is 14.0. The van der Waals surface area contributed by atoms with E-state index in [1.807, 2.05) is 24.3 Å². The van der Waals surface area contributed by atoms with Gasteiger partial charge in [0.15, 0.2) is 0 Å². The van der Waals surface area contributed by atoms with Crippen LogP contribution in [-0.4, -0.2) is 13.2 Å². The van der Waals surface area contributed by atoms with Crippen LogP contribution >= 0.6 is 0 Å². The van der Waals surface area contributed by atoms with Gasteiger partial charge in [0.1, 0.15) is 11.5 Å². The van der Waals surface area contributed by atoms with Crippen molar-refractivity contribution in [3.63, 3.8) is 0 Å². The van der Waals surface area contributed by atoms with Gasteiger partial charge in [0.05, 0.1) is 0 Å². The van der Waals surface area contributed by atoms with Crippen LogP contribution in [0, 0.1) is 11.8 Å². The summed E-state index contributed by atoms with van der Waals surface area (Å²) < 4.78 is 56.9. The van der Waals surface area contributed by atoms with Gasteiger partial charge < -0.3 is 9.47 Å². The van der Waals surface area contributed by atoms with Gasteiger partial charge in [0, 0.05) is 0 Å². The average molecular weight is 523 g/mol. The fraction of sp³-hybridized carbons (Fsp3) is 0.613. The predicted molar refractivity (Wildman–Crippen MR) is 141 cm³/mol. The molecule has 2 fully saturated rings. The van der Waals surface area contributed by atoms with Crippen molar-refractivity contribution in [1.29, 1.82) is 0 Å². The molecule has 37 heavy (non-hydrogen) atoms. The summed E-state index contributed by atoms with van der Waals surface area (Å²) in [4.78, 5) is 0. The van der Waals surface area contributed by atoms with Crippen LogP contribution in [0.4, 0.5) is 17.6 Å². The first-order valence-electron chi connectivity index (χ1n) is 14.0. The van der Waals surface area contributed by atoms with Gasteiger partial charge >= 0.3 is 13.2 Å². The molecule has 4 rings (SSSR count). The summed E-state index contributed by atoms with van der Waals surface area (Å²) in [6, 6.07) is 14.3. The van der Waals surface area contributed by atoms with Gasteiger partial charge in [0.25, 0.3) is 0 Å². The number of rotatable bonds is 9. The summed E-state index contributed by atoms with van der Waals surface area (Å²) in [6.45, 7) is -0.985. The quantitative estimate of drug-likeness (QED) is 0.305. The summed E-state index contributed by atoms with van der Waals surface area (Å²) in [6.07, 6.45) is 13.9. The van der Waals surface area contributed by atoms with Crippen molar-refractivity contribution in [1.82, 2.24) is 0 Å². The molecule has 0 unspecified atom stereocenters. The highest BCUT2D eigenvalue weighted by Crippen LogP contribution is 2.38. The maximum Gasteiger partial charge on any atom is 0.387 e. The summed E-state index contributed by atoms with van der Waals surface area (Å²) in [7, 11) is 0. The van der Waals surface area contributed by atoms with Gasteiger partial charge in [-0.1, -0.05) is 57.4 Å². The number of ether oxygens (including phenoxy) is 2. The zero-order valence-electron chi connectivity index (χ0n) is 22.2. The Labute approximate surface area is 219 Å². The zero-order valence-corrected chi connectivity index (χ0v) is 22.2. The molecule has 0 N–H and O–H groups in total. The molecule has 2 aliphatic rings. The van der Waals surface area contributed by atoms with Gasteiger partial charge in [0.2, 0.25) is 0 Å². The third-order valence-corrected chi connectivity index (χ3v) is 8.12. The van der Waals surface area contributed by atoms with Crippen molar-refractivity contribution in [2.75, 3.05) is 0 Å². The molecule has 0 aliphatic heterocycles. The second kappa shape index (κ2) is 15.2. The second-order valence-electron chi connectivity index (χ2n) is 10.5. The second-order valence-corrected chi connectivity index (χ2v) is 10.5. The predicted octanol–water partition coefficient (Wildman–Crippen LogP) is 10.3. The van der Waals surface area contributed by atoms with Crippen LogP contribution in [0.1, 0.15) is 107 Å². The van der Waals surface area contributed by atoms with E-state index in [4.69, 9.17) is 0 Å². The lowest BCUT2D eigenvalue weighted by Crippen LogP contribution is -2.13. The van der Waals surface area contributed by atoms with Crippen LogP contribution in [-0.2, 0) is 0 Å². The number of halogens is 4. The van der Waals surface area contributed by atoms with Crippen LogP contribution in [0.2, 0.25) is 0 Å². The topological polar surface area (TPSA) is 18.5 Å². The van der Waals surface area contributed by atoms with Crippen LogP contribution in [0.3, 0.4) is 0 Å². The van der Waals surface area contributed by atoms with E-state index in [-0.39, 0.29) is 11.5 Å². The van der Waals surface area contributed by atoms with E-state index < -0.39 is 13.2 Å². The molecule has 0 atom stereocenters. The Balaban J connectivity index is 0.000000206. The monoisotopic (exact) mass is 522 g/mol. The maximum absolute atomic E-state index is 12.1. The van der Waals surface area contributed by atoms with E-state index in [0.29, 0.717) is 11.8 Å². The van der Waals surface area contributed by atoms with E-state index in [0.717, 1.165) is 11.8 Å². The Morgan fingerprint density at radius 2 is 0.973 bits per heavy atom. The summed E-state index contributed by atoms with van der Waals surface area (Å²) >= 11 is 0. The fourth-order valence-electron chi connectivity index (χ4n) is 5.94. The van der Waals surface area contributed by atoms with Crippen LogP contribution < -0.4 is 9.47 Å². The van der Waals surface area contributed by atoms with E-state index >= 15 is 0 Å². The molecule has 0 heterocycles. The third-order valence-electron chi connectivity index (χ3n) is 8.12. The summed E-state index contributed by atoms with van der Waals surface area (Å²) in [5.74, 6) is 3.45. The van der Waals surface area contributed by atoms with E-state index in [9.17, 15) is 17.6 Å². The lowest BCUT2D eigenvalue weighted by atomic mass is 9.77. The SMILES string of the molecule is CCC1CCC(c2ccc(OC(F)F)cc2)CC1.CCCC1CCC(c2ccc(OC(F)F)cc2)CC1. The van der Waals surface area contributed by atoms with Crippen molar-refractivity contribution in [2.45, 2.75) is 110 Å². The number of alkyl halides is 4. The van der Waals surface area contributed by atoms with Crippen LogP contribution in [0.25, 0.3) is 0 Å². The van der Waals surface area contributed by atoms with Crippen LogP contribution in [0.15, 0.2) is 48.5 Å². The lowest BCUT2D eigenvalue weighted by Gasteiger charge is -2.28. The third kappa shape index (κ3) is 9.86. The molecule has 2 nitrogen and oxygen atoms in total. The molecule has 2 saturated carbocycles. The van der Waals surface area contributed by atoms with Crippen molar-refractivity contribution < 1.29 is 27.0 Å². The molecule has 206 valence electrons. The van der Waals surface area contributed by atoms with Gasteiger partial charge in [-0.15, -0.1) is 0 Å². The molecular formula is C31H42F4O2. The Morgan fingerprint density at radius 3 is 1.30 bits per heavy atom. The molecule has 2 aromatic carbocycles. The average Bonchev–Trinajstić information content (AvgIpc) is 2.90. The van der Waals surface area contributed by atoms with Gasteiger partial charge in [-0.2, -0.15) is 17.6 Å². The summed E-state index contributed by atoms with van der Waals surface area (Å²) in [5.41, 5.74) is 2.52. The fourth-order valence-corrected chi connectivity index (χ4v) is 5.94. The van der Waals surface area contributed by atoms with Crippen molar-refractivity contribution in [3.05, 3.63) is 59.7 Å². The largest absolute Gasteiger partial charge is 0.435 e. The molecule has 0 radical (unpaired) electrons.